The van der Waals surface area contributed by atoms with Crippen LogP contribution in [-0.2, 0) is 12.0 Å². The molecule has 1 aromatic heterocycles. The van der Waals surface area contributed by atoms with Crippen LogP contribution in [0.25, 0.3) is 10.9 Å². The molecule has 0 atom stereocenters. The Morgan fingerprint density at radius 3 is 2.63 bits per heavy atom. The van der Waals surface area contributed by atoms with Crippen LogP contribution < -0.4 is 10.6 Å². The van der Waals surface area contributed by atoms with E-state index in [4.69, 9.17) is 0 Å². The number of benzene rings is 2. The Morgan fingerprint density at radius 2 is 1.85 bits per heavy atom. The maximum absolute atomic E-state index is 14.2. The number of aliphatic imine (C=N–C) groups is 1. The van der Waals surface area contributed by atoms with Gasteiger partial charge < -0.3 is 10.6 Å². The fraction of sp³-hybridized carbons (Fsp3) is 0.273. The van der Waals surface area contributed by atoms with Crippen molar-refractivity contribution in [2.24, 2.45) is 4.99 Å². The molecule has 0 spiro atoms. The maximum atomic E-state index is 14.2. The van der Waals surface area contributed by atoms with Crippen molar-refractivity contribution in [3.63, 3.8) is 0 Å². The normalized spacial score (nSPS) is 15.6. The van der Waals surface area contributed by atoms with E-state index in [2.05, 4.69) is 26.7 Å². The minimum Gasteiger partial charge on any atom is -0.356 e. The zero-order chi connectivity index (χ0) is 18.7. The van der Waals surface area contributed by atoms with Gasteiger partial charge >= 0.3 is 0 Å². The second kappa shape index (κ2) is 7.35. The number of hydrogen-bond acceptors (Lipinski definition) is 2. The Balaban J connectivity index is 1.41. The monoisotopic (exact) mass is 362 g/mol. The summed E-state index contributed by atoms with van der Waals surface area (Å²) < 4.78 is 14.2. The molecule has 1 saturated carbocycles. The van der Waals surface area contributed by atoms with Crippen LogP contribution in [0.5, 0.6) is 0 Å². The highest BCUT2D eigenvalue weighted by Crippen LogP contribution is 2.48. The molecule has 3 aromatic rings. The minimum atomic E-state index is -0.122. The van der Waals surface area contributed by atoms with E-state index in [0.717, 1.165) is 35.3 Å². The average molecular weight is 362 g/mol. The second-order valence-corrected chi connectivity index (χ2v) is 7.03. The summed E-state index contributed by atoms with van der Waals surface area (Å²) in [6.45, 7) is 1.32. The van der Waals surface area contributed by atoms with Gasteiger partial charge in [-0.05, 0) is 42.2 Å². The summed E-state index contributed by atoms with van der Waals surface area (Å²) in [4.78, 5) is 8.71. The number of pyridine rings is 1. The first-order chi connectivity index (χ1) is 13.2. The molecule has 1 aliphatic rings. The summed E-state index contributed by atoms with van der Waals surface area (Å²) in [5.74, 6) is 0.599. The van der Waals surface area contributed by atoms with Crippen LogP contribution in [0.2, 0.25) is 0 Å². The summed E-state index contributed by atoms with van der Waals surface area (Å²) in [5, 5.41) is 7.87. The minimum absolute atomic E-state index is 0.119. The lowest BCUT2D eigenvalue weighted by Gasteiger charge is -2.19. The molecule has 4 nitrogen and oxygen atoms in total. The number of rotatable bonds is 5. The Labute approximate surface area is 158 Å². The van der Waals surface area contributed by atoms with Gasteiger partial charge in [0.15, 0.2) is 5.96 Å². The predicted molar refractivity (Wildman–Crippen MR) is 107 cm³/mol. The second-order valence-electron chi connectivity index (χ2n) is 7.03. The van der Waals surface area contributed by atoms with Gasteiger partial charge in [-0.1, -0.05) is 36.4 Å². The van der Waals surface area contributed by atoms with E-state index in [0.29, 0.717) is 13.1 Å². The van der Waals surface area contributed by atoms with Crippen LogP contribution in [0.15, 0.2) is 65.8 Å². The molecule has 1 aliphatic carbocycles. The highest BCUT2D eigenvalue weighted by molar-refractivity contribution is 5.83. The highest BCUT2D eigenvalue weighted by atomic mass is 19.1. The quantitative estimate of drug-likeness (QED) is 0.537. The third kappa shape index (κ3) is 3.63. The van der Waals surface area contributed by atoms with Crippen LogP contribution >= 0.6 is 0 Å². The van der Waals surface area contributed by atoms with Crippen LogP contribution in [-0.4, -0.2) is 24.5 Å². The van der Waals surface area contributed by atoms with E-state index in [-0.39, 0.29) is 11.2 Å². The predicted octanol–water partition coefficient (Wildman–Crippen LogP) is 3.77. The van der Waals surface area contributed by atoms with Crippen molar-refractivity contribution < 1.29 is 4.39 Å². The van der Waals surface area contributed by atoms with Crippen molar-refractivity contribution in [2.75, 3.05) is 13.6 Å². The Kier molecular flexibility index (Phi) is 4.75. The van der Waals surface area contributed by atoms with Crippen molar-refractivity contribution >= 4 is 16.9 Å². The summed E-state index contributed by atoms with van der Waals surface area (Å²) >= 11 is 0. The SMILES string of the molecule is CN=C(NCc1ccnc2ccccc12)NCC1(c2ccccc2F)CC1. The highest BCUT2D eigenvalue weighted by Gasteiger charge is 2.45. The molecule has 0 unspecified atom stereocenters. The number of nitrogens with one attached hydrogen (secondary N) is 2. The molecular weight excluding hydrogens is 339 g/mol. The topological polar surface area (TPSA) is 49.3 Å². The molecule has 0 aliphatic heterocycles. The zero-order valence-corrected chi connectivity index (χ0v) is 15.4. The third-order valence-electron chi connectivity index (χ3n) is 5.30. The molecule has 0 radical (unpaired) electrons. The standard InChI is InChI=1S/C22H23FN4/c1-24-21(26-14-16-10-13-25-20-9-5-2-6-17(16)20)27-15-22(11-12-22)18-7-3-4-8-19(18)23/h2-10,13H,11-12,14-15H2,1H3,(H2,24,26,27). The summed E-state index contributed by atoms with van der Waals surface area (Å²) in [6.07, 6.45) is 3.81. The first-order valence-corrected chi connectivity index (χ1v) is 9.24. The first kappa shape index (κ1) is 17.5. The number of hydrogen-bond donors (Lipinski definition) is 2. The van der Waals surface area contributed by atoms with Gasteiger partial charge in [-0.3, -0.25) is 9.98 Å². The summed E-state index contributed by atoms with van der Waals surface area (Å²) in [6, 6.07) is 17.2. The average Bonchev–Trinajstić information content (AvgIpc) is 3.49. The number of nitrogens with zero attached hydrogens (tertiary/aromatic N) is 2. The van der Waals surface area contributed by atoms with Crippen molar-refractivity contribution in [3.05, 3.63) is 77.7 Å². The number of aromatic nitrogens is 1. The fourth-order valence-electron chi connectivity index (χ4n) is 3.55. The lowest BCUT2D eigenvalue weighted by Crippen LogP contribution is -2.41. The smallest absolute Gasteiger partial charge is 0.191 e. The van der Waals surface area contributed by atoms with E-state index < -0.39 is 0 Å². The Morgan fingerprint density at radius 1 is 1.07 bits per heavy atom. The van der Waals surface area contributed by atoms with Crippen molar-refractivity contribution in [1.29, 1.82) is 0 Å². The molecule has 2 N–H and O–H groups in total. The summed E-state index contributed by atoms with van der Waals surface area (Å²) in [7, 11) is 1.75. The lowest BCUT2D eigenvalue weighted by molar-refractivity contribution is 0.559. The van der Waals surface area contributed by atoms with E-state index in [9.17, 15) is 4.39 Å². The summed E-state index contributed by atoms with van der Waals surface area (Å²) in [5.41, 5.74) is 2.83. The maximum Gasteiger partial charge on any atom is 0.191 e. The van der Waals surface area contributed by atoms with Gasteiger partial charge in [0.1, 0.15) is 5.82 Å². The van der Waals surface area contributed by atoms with Crippen LogP contribution in [0.4, 0.5) is 4.39 Å². The fourth-order valence-corrected chi connectivity index (χ4v) is 3.55. The van der Waals surface area contributed by atoms with E-state index in [1.807, 2.05) is 42.6 Å². The van der Waals surface area contributed by atoms with E-state index in [1.165, 1.54) is 11.6 Å². The number of halogens is 1. The van der Waals surface area contributed by atoms with Crippen LogP contribution in [0, 0.1) is 5.82 Å². The molecule has 1 heterocycles. The molecule has 1 fully saturated rings. The van der Waals surface area contributed by atoms with Gasteiger partial charge in [0, 0.05) is 37.1 Å². The van der Waals surface area contributed by atoms with Crippen molar-refractivity contribution in [2.45, 2.75) is 24.8 Å². The van der Waals surface area contributed by atoms with E-state index in [1.54, 1.807) is 13.1 Å². The molecule has 0 amide bonds. The number of fused-ring (bicyclic) bond motifs is 1. The van der Waals surface area contributed by atoms with Gasteiger partial charge in [0.2, 0.25) is 0 Å². The van der Waals surface area contributed by atoms with Gasteiger partial charge in [0.25, 0.3) is 0 Å². The zero-order valence-electron chi connectivity index (χ0n) is 15.4. The lowest BCUT2D eigenvalue weighted by atomic mass is 9.95. The third-order valence-corrected chi connectivity index (χ3v) is 5.30. The molecule has 27 heavy (non-hydrogen) atoms. The van der Waals surface area contributed by atoms with Gasteiger partial charge in [0.05, 0.1) is 5.52 Å². The van der Waals surface area contributed by atoms with Crippen LogP contribution in [0.3, 0.4) is 0 Å². The number of guanidine groups is 1. The molecule has 138 valence electrons. The van der Waals surface area contributed by atoms with Gasteiger partial charge in [-0.2, -0.15) is 0 Å². The molecule has 0 bridgehead atoms. The number of para-hydroxylation sites is 1. The molecule has 2 aromatic carbocycles. The molecular formula is C22H23FN4. The molecule has 5 heteroatoms. The largest absolute Gasteiger partial charge is 0.356 e. The molecule has 4 rings (SSSR count). The van der Waals surface area contributed by atoms with Gasteiger partial charge in [-0.25, -0.2) is 4.39 Å². The van der Waals surface area contributed by atoms with Crippen LogP contribution in [0.1, 0.15) is 24.0 Å². The Hall–Kier alpha value is -2.95. The Bertz CT molecular complexity index is 973. The first-order valence-electron chi connectivity index (χ1n) is 9.24. The van der Waals surface area contributed by atoms with Crippen molar-refractivity contribution in [1.82, 2.24) is 15.6 Å². The van der Waals surface area contributed by atoms with E-state index >= 15 is 0 Å². The van der Waals surface area contributed by atoms with Crippen molar-refractivity contribution in [3.8, 4) is 0 Å². The van der Waals surface area contributed by atoms with Gasteiger partial charge in [-0.15, -0.1) is 0 Å². The molecule has 0 saturated heterocycles.